The van der Waals surface area contributed by atoms with E-state index in [2.05, 4.69) is 61.5 Å². The summed E-state index contributed by atoms with van der Waals surface area (Å²) in [5, 5.41) is 0. The summed E-state index contributed by atoms with van der Waals surface area (Å²) in [7, 11) is 0. The van der Waals surface area contributed by atoms with Crippen molar-refractivity contribution in [2.75, 3.05) is 0 Å². The van der Waals surface area contributed by atoms with Gasteiger partial charge in [0.05, 0.1) is 0 Å². The molecular weight excluding hydrogens is 296 g/mol. The molecule has 24 heavy (non-hydrogen) atoms. The molecular formula is C20H36N4. The van der Waals surface area contributed by atoms with Crippen molar-refractivity contribution in [3.63, 3.8) is 0 Å². The molecule has 0 unspecified atom stereocenters. The van der Waals surface area contributed by atoms with Gasteiger partial charge in [0, 0.05) is 35.1 Å². The van der Waals surface area contributed by atoms with E-state index in [0.29, 0.717) is 0 Å². The van der Waals surface area contributed by atoms with Gasteiger partial charge in [-0.3, -0.25) is 0 Å². The summed E-state index contributed by atoms with van der Waals surface area (Å²) in [5.41, 5.74) is 1.30. The van der Waals surface area contributed by atoms with Crippen molar-refractivity contribution in [2.24, 2.45) is 0 Å². The molecule has 0 atom stereocenters. The summed E-state index contributed by atoms with van der Waals surface area (Å²) in [6.07, 6.45) is 6.90. The lowest BCUT2D eigenvalue weighted by Gasteiger charge is -2.16. The second-order valence-electron chi connectivity index (χ2n) is 6.67. The van der Waals surface area contributed by atoms with E-state index in [1.165, 1.54) is 0 Å². The zero-order valence-corrected chi connectivity index (χ0v) is 17.3. The van der Waals surface area contributed by atoms with Crippen LogP contribution in [0.1, 0.15) is 80.8 Å². The normalized spacial score (nSPS) is 10.1. The topological polar surface area (TPSA) is 51.6 Å². The van der Waals surface area contributed by atoms with Crippen LogP contribution in [-0.2, 0) is 10.8 Å². The molecule has 2 rings (SSSR count). The van der Waals surface area contributed by atoms with Crippen molar-refractivity contribution >= 4 is 0 Å². The van der Waals surface area contributed by atoms with Crippen molar-refractivity contribution in [1.82, 2.24) is 19.9 Å². The van der Waals surface area contributed by atoms with Gasteiger partial charge in [0.15, 0.2) is 0 Å². The lowest BCUT2D eigenvalue weighted by molar-refractivity contribution is 0.545. The average Bonchev–Trinajstić information content (AvgIpc) is 2.59. The first-order valence-corrected chi connectivity index (χ1v) is 8.75. The molecule has 2 aromatic rings. The van der Waals surface area contributed by atoms with Crippen LogP contribution >= 0.6 is 0 Å². The maximum absolute atomic E-state index is 4.14. The van der Waals surface area contributed by atoms with Crippen molar-refractivity contribution < 1.29 is 0 Å². The van der Waals surface area contributed by atoms with Crippen LogP contribution < -0.4 is 0 Å². The van der Waals surface area contributed by atoms with Crippen molar-refractivity contribution in [3.05, 3.63) is 48.6 Å². The standard InChI is InChI=1S/2C8H12N2.2C2H6/c1-8(2,3)7-4-5-9-6-10-7;1-8(2,3)7-9-5-4-6-10-7;2*1-2/h2*4-6H,1-3H3;2*1-2H3. The van der Waals surface area contributed by atoms with Gasteiger partial charge >= 0.3 is 0 Å². The number of aromatic nitrogens is 4. The lowest BCUT2D eigenvalue weighted by Crippen LogP contribution is -2.14. The third kappa shape index (κ3) is 10.8. The van der Waals surface area contributed by atoms with E-state index in [1.54, 1.807) is 24.9 Å². The second kappa shape index (κ2) is 12.6. The fraction of sp³-hybridized carbons (Fsp3) is 0.600. The molecule has 0 spiro atoms. The monoisotopic (exact) mass is 332 g/mol. The maximum Gasteiger partial charge on any atom is 0.133 e. The molecule has 0 aliphatic heterocycles. The molecule has 0 fully saturated rings. The molecule has 0 amide bonds. The van der Waals surface area contributed by atoms with Crippen LogP contribution in [0.15, 0.2) is 37.1 Å². The summed E-state index contributed by atoms with van der Waals surface area (Å²) in [4.78, 5) is 16.3. The molecule has 2 heterocycles. The molecule has 4 heteroatoms. The molecule has 0 aromatic carbocycles. The first kappa shape index (κ1) is 24.4. The SMILES string of the molecule is CC.CC.CC(C)(C)c1ccncn1.CC(C)(C)c1ncccn1. The molecule has 136 valence electrons. The Labute approximate surface area is 149 Å². The van der Waals surface area contributed by atoms with E-state index in [0.717, 1.165) is 11.5 Å². The van der Waals surface area contributed by atoms with Gasteiger partial charge in [0.1, 0.15) is 12.2 Å². The summed E-state index contributed by atoms with van der Waals surface area (Å²) in [6, 6.07) is 3.77. The predicted octanol–water partition coefficient (Wildman–Crippen LogP) is 5.60. The Balaban J connectivity index is 0. The fourth-order valence-electron chi connectivity index (χ4n) is 1.42. The summed E-state index contributed by atoms with van der Waals surface area (Å²) >= 11 is 0. The molecule has 0 aliphatic rings. The van der Waals surface area contributed by atoms with Gasteiger partial charge in [-0.1, -0.05) is 69.2 Å². The zero-order valence-electron chi connectivity index (χ0n) is 17.3. The van der Waals surface area contributed by atoms with E-state index >= 15 is 0 Å². The minimum atomic E-state index is 0.0707. The first-order valence-electron chi connectivity index (χ1n) is 8.75. The minimum Gasteiger partial charge on any atom is -0.245 e. The van der Waals surface area contributed by atoms with Crippen LogP contribution in [0.4, 0.5) is 0 Å². The van der Waals surface area contributed by atoms with Crippen molar-refractivity contribution in [2.45, 2.75) is 80.1 Å². The van der Waals surface area contributed by atoms with Crippen LogP contribution in [0.25, 0.3) is 0 Å². The third-order valence-electron chi connectivity index (χ3n) is 2.59. The fourth-order valence-corrected chi connectivity index (χ4v) is 1.42. The molecule has 0 radical (unpaired) electrons. The molecule has 0 aliphatic carbocycles. The number of hydrogen-bond acceptors (Lipinski definition) is 4. The highest BCUT2D eigenvalue weighted by Gasteiger charge is 2.15. The number of rotatable bonds is 0. The van der Waals surface area contributed by atoms with Crippen LogP contribution in [0.5, 0.6) is 0 Å². The molecule has 0 bridgehead atoms. The zero-order chi connectivity index (χ0) is 19.2. The Morgan fingerprint density at radius 1 is 0.667 bits per heavy atom. The second-order valence-corrected chi connectivity index (χ2v) is 6.67. The van der Waals surface area contributed by atoms with E-state index in [9.17, 15) is 0 Å². The predicted molar refractivity (Wildman–Crippen MR) is 104 cm³/mol. The Bertz CT molecular complexity index is 447. The van der Waals surface area contributed by atoms with Gasteiger partial charge in [-0.05, 0) is 12.1 Å². The van der Waals surface area contributed by atoms with Gasteiger partial charge in [0.2, 0.25) is 0 Å². The lowest BCUT2D eigenvalue weighted by atomic mass is 9.92. The number of hydrogen-bond donors (Lipinski definition) is 0. The first-order chi connectivity index (χ1) is 11.2. The highest BCUT2D eigenvalue weighted by Crippen LogP contribution is 2.17. The van der Waals surface area contributed by atoms with Crippen LogP contribution in [0, 0.1) is 0 Å². The Morgan fingerprint density at radius 2 is 1.17 bits per heavy atom. The summed E-state index contributed by atoms with van der Waals surface area (Å²) in [6.45, 7) is 20.7. The molecule has 4 nitrogen and oxygen atoms in total. The summed E-state index contributed by atoms with van der Waals surface area (Å²) in [5.74, 6) is 0.898. The van der Waals surface area contributed by atoms with Gasteiger partial charge < -0.3 is 0 Å². The Kier molecular flexibility index (Phi) is 12.8. The van der Waals surface area contributed by atoms with Crippen molar-refractivity contribution in [1.29, 1.82) is 0 Å². The average molecular weight is 333 g/mol. The molecule has 2 aromatic heterocycles. The van der Waals surface area contributed by atoms with Gasteiger partial charge in [-0.15, -0.1) is 0 Å². The maximum atomic E-state index is 4.14. The van der Waals surface area contributed by atoms with Crippen LogP contribution in [0.3, 0.4) is 0 Å². The van der Waals surface area contributed by atoms with Gasteiger partial charge in [-0.2, -0.15) is 0 Å². The highest BCUT2D eigenvalue weighted by molar-refractivity contribution is 5.09. The molecule has 0 saturated carbocycles. The Morgan fingerprint density at radius 3 is 1.42 bits per heavy atom. The smallest absolute Gasteiger partial charge is 0.133 e. The van der Waals surface area contributed by atoms with E-state index in [-0.39, 0.29) is 10.8 Å². The number of nitrogens with zero attached hydrogens (tertiary/aromatic N) is 4. The summed E-state index contributed by atoms with van der Waals surface area (Å²) < 4.78 is 0. The van der Waals surface area contributed by atoms with Crippen LogP contribution in [-0.4, -0.2) is 19.9 Å². The van der Waals surface area contributed by atoms with E-state index in [1.807, 2.05) is 39.8 Å². The quantitative estimate of drug-likeness (QED) is 0.630. The van der Waals surface area contributed by atoms with Gasteiger partial charge in [0.25, 0.3) is 0 Å². The van der Waals surface area contributed by atoms with Crippen LogP contribution in [0.2, 0.25) is 0 Å². The highest BCUT2D eigenvalue weighted by atomic mass is 14.9. The minimum absolute atomic E-state index is 0.0707. The van der Waals surface area contributed by atoms with E-state index < -0.39 is 0 Å². The third-order valence-corrected chi connectivity index (χ3v) is 2.59. The molecule has 0 N–H and O–H groups in total. The van der Waals surface area contributed by atoms with E-state index in [4.69, 9.17) is 0 Å². The largest absolute Gasteiger partial charge is 0.245 e. The van der Waals surface area contributed by atoms with Crippen molar-refractivity contribution in [3.8, 4) is 0 Å². The Hall–Kier alpha value is -1.84. The van der Waals surface area contributed by atoms with Gasteiger partial charge in [-0.25, -0.2) is 19.9 Å². The molecule has 0 saturated heterocycles.